The van der Waals surface area contributed by atoms with Gasteiger partial charge in [0.05, 0.1) is 43.2 Å². The molecule has 1 aliphatic heterocycles. The monoisotopic (exact) mass is 455 g/mol. The second kappa shape index (κ2) is 9.85. The number of morpholine rings is 1. The maximum atomic E-state index is 13.8. The molecule has 0 N–H and O–H groups in total. The second-order valence-corrected chi connectivity index (χ2v) is 8.81. The van der Waals surface area contributed by atoms with Gasteiger partial charge in [0.2, 0.25) is 0 Å². The molecular formula is C24H29N3O4S. The molecule has 0 unspecified atom stereocenters. The lowest BCUT2D eigenvalue weighted by Crippen LogP contribution is -2.43. The van der Waals surface area contributed by atoms with E-state index in [1.165, 1.54) is 16.9 Å². The number of benzene rings is 2. The van der Waals surface area contributed by atoms with E-state index in [-0.39, 0.29) is 5.91 Å². The number of amides is 1. The van der Waals surface area contributed by atoms with E-state index in [9.17, 15) is 4.79 Å². The van der Waals surface area contributed by atoms with E-state index in [1.807, 2.05) is 0 Å². The van der Waals surface area contributed by atoms with E-state index in [2.05, 4.69) is 30.9 Å². The third-order valence-corrected chi connectivity index (χ3v) is 6.97. The van der Waals surface area contributed by atoms with Gasteiger partial charge < -0.3 is 14.2 Å². The standard InChI is InChI=1S/C24H29N3O4S/c1-16-8-9-20-21(17(16)2)25-24(32-20)27(11-10-26-12-14-31-15-13-26)23(28)18-6-5-7-19(29-3)22(18)30-4/h5-9H,10-15H2,1-4H3. The number of fused-ring (bicyclic) bond motifs is 1. The average molecular weight is 456 g/mol. The van der Waals surface area contributed by atoms with Crippen molar-refractivity contribution >= 4 is 32.6 Å². The molecule has 2 aromatic carbocycles. The molecule has 32 heavy (non-hydrogen) atoms. The van der Waals surface area contributed by atoms with E-state index in [1.54, 1.807) is 37.3 Å². The first-order valence-electron chi connectivity index (χ1n) is 10.7. The van der Waals surface area contributed by atoms with Crippen molar-refractivity contribution in [1.82, 2.24) is 9.88 Å². The van der Waals surface area contributed by atoms with Crippen LogP contribution in [0, 0.1) is 13.8 Å². The lowest BCUT2D eigenvalue weighted by molar-refractivity contribution is 0.0391. The number of anilines is 1. The SMILES string of the molecule is COc1cccc(C(=O)N(CCN2CCOCC2)c2nc3c(C)c(C)ccc3s2)c1OC. The number of hydrogen-bond donors (Lipinski definition) is 0. The lowest BCUT2D eigenvalue weighted by Gasteiger charge is -2.29. The smallest absolute Gasteiger partial charge is 0.264 e. The fourth-order valence-corrected chi connectivity index (χ4v) is 4.93. The van der Waals surface area contributed by atoms with Crippen LogP contribution in [0.25, 0.3) is 10.2 Å². The molecule has 1 amide bonds. The largest absolute Gasteiger partial charge is 0.493 e. The van der Waals surface area contributed by atoms with Crippen LogP contribution in [0.5, 0.6) is 11.5 Å². The molecule has 0 saturated carbocycles. The maximum Gasteiger partial charge on any atom is 0.264 e. The molecule has 0 bridgehead atoms. The van der Waals surface area contributed by atoms with Crippen molar-refractivity contribution in [2.45, 2.75) is 13.8 Å². The summed E-state index contributed by atoms with van der Waals surface area (Å²) in [6, 6.07) is 9.55. The highest BCUT2D eigenvalue weighted by molar-refractivity contribution is 7.22. The molecule has 1 aliphatic rings. The first kappa shape index (κ1) is 22.5. The minimum Gasteiger partial charge on any atom is -0.493 e. The van der Waals surface area contributed by atoms with Crippen molar-refractivity contribution in [2.24, 2.45) is 0 Å². The Labute approximate surface area is 192 Å². The zero-order chi connectivity index (χ0) is 22.7. The predicted octanol–water partition coefficient (Wildman–Crippen LogP) is 3.91. The Morgan fingerprint density at radius 2 is 1.94 bits per heavy atom. The van der Waals surface area contributed by atoms with E-state index in [0.717, 1.165) is 48.6 Å². The normalized spacial score (nSPS) is 14.5. The van der Waals surface area contributed by atoms with Gasteiger partial charge in [-0.3, -0.25) is 14.6 Å². The van der Waals surface area contributed by atoms with E-state index < -0.39 is 0 Å². The Hall–Kier alpha value is -2.68. The summed E-state index contributed by atoms with van der Waals surface area (Å²) in [6.45, 7) is 8.59. The number of aromatic nitrogens is 1. The Kier molecular flexibility index (Phi) is 6.93. The van der Waals surface area contributed by atoms with Crippen LogP contribution in [0.1, 0.15) is 21.5 Å². The Balaban J connectivity index is 1.72. The molecule has 7 nitrogen and oxygen atoms in total. The molecule has 0 radical (unpaired) electrons. The highest BCUT2D eigenvalue weighted by atomic mass is 32.1. The summed E-state index contributed by atoms with van der Waals surface area (Å²) < 4.78 is 17.5. The number of thiazole rings is 1. The minimum atomic E-state index is -0.151. The molecular weight excluding hydrogens is 426 g/mol. The van der Waals surface area contributed by atoms with Crippen LogP contribution in [-0.4, -0.2) is 69.4 Å². The number of methoxy groups -OCH3 is 2. The molecule has 170 valence electrons. The summed E-state index contributed by atoms with van der Waals surface area (Å²) in [6.07, 6.45) is 0. The van der Waals surface area contributed by atoms with Gasteiger partial charge in [-0.15, -0.1) is 0 Å². The van der Waals surface area contributed by atoms with Gasteiger partial charge in [0.1, 0.15) is 0 Å². The Morgan fingerprint density at radius 3 is 2.66 bits per heavy atom. The molecule has 3 aromatic rings. The van der Waals surface area contributed by atoms with Gasteiger partial charge in [0.15, 0.2) is 16.6 Å². The highest BCUT2D eigenvalue weighted by Crippen LogP contribution is 2.35. The van der Waals surface area contributed by atoms with Gasteiger partial charge >= 0.3 is 0 Å². The molecule has 1 saturated heterocycles. The van der Waals surface area contributed by atoms with Crippen LogP contribution in [0.3, 0.4) is 0 Å². The van der Waals surface area contributed by atoms with Crippen LogP contribution in [0.4, 0.5) is 5.13 Å². The number of carbonyl (C=O) groups excluding carboxylic acids is 1. The number of nitrogens with zero attached hydrogens (tertiary/aromatic N) is 3. The van der Waals surface area contributed by atoms with Crippen LogP contribution in [0.15, 0.2) is 30.3 Å². The summed E-state index contributed by atoms with van der Waals surface area (Å²) in [7, 11) is 3.12. The fourth-order valence-electron chi connectivity index (χ4n) is 3.88. The summed E-state index contributed by atoms with van der Waals surface area (Å²) in [5, 5.41) is 0.692. The fraction of sp³-hybridized carbons (Fsp3) is 0.417. The third kappa shape index (κ3) is 4.44. The van der Waals surface area contributed by atoms with Crippen LogP contribution < -0.4 is 14.4 Å². The summed E-state index contributed by atoms with van der Waals surface area (Å²) in [4.78, 5) is 22.8. The van der Waals surface area contributed by atoms with Crippen LogP contribution in [0.2, 0.25) is 0 Å². The highest BCUT2D eigenvalue weighted by Gasteiger charge is 2.27. The third-order valence-electron chi connectivity index (χ3n) is 5.93. The minimum absolute atomic E-state index is 0.151. The molecule has 0 spiro atoms. The van der Waals surface area contributed by atoms with Crippen molar-refractivity contribution in [3.63, 3.8) is 0 Å². The van der Waals surface area contributed by atoms with Crippen LogP contribution in [-0.2, 0) is 4.74 Å². The van der Waals surface area contributed by atoms with Gasteiger partial charge in [0.25, 0.3) is 5.91 Å². The number of para-hydroxylation sites is 1. The Morgan fingerprint density at radius 1 is 1.16 bits per heavy atom. The zero-order valence-corrected chi connectivity index (χ0v) is 19.8. The van der Waals surface area contributed by atoms with E-state index in [4.69, 9.17) is 19.2 Å². The van der Waals surface area contributed by atoms with Gasteiger partial charge in [0, 0.05) is 26.2 Å². The summed E-state index contributed by atoms with van der Waals surface area (Å²) in [5.41, 5.74) is 3.74. The van der Waals surface area contributed by atoms with Crippen molar-refractivity contribution in [2.75, 3.05) is 58.5 Å². The molecule has 1 aromatic heterocycles. The first-order valence-corrected chi connectivity index (χ1v) is 11.5. The summed E-state index contributed by atoms with van der Waals surface area (Å²) >= 11 is 1.54. The number of aryl methyl sites for hydroxylation is 2. The van der Waals surface area contributed by atoms with Crippen molar-refractivity contribution in [1.29, 1.82) is 0 Å². The number of hydrogen-bond acceptors (Lipinski definition) is 7. The number of carbonyl (C=O) groups is 1. The first-order chi connectivity index (χ1) is 15.5. The van der Waals surface area contributed by atoms with Gasteiger partial charge in [-0.05, 0) is 43.2 Å². The number of ether oxygens (including phenoxy) is 3. The van der Waals surface area contributed by atoms with E-state index in [0.29, 0.717) is 28.7 Å². The molecule has 4 rings (SSSR count). The lowest BCUT2D eigenvalue weighted by atomic mass is 10.1. The molecule has 1 fully saturated rings. The quantitative estimate of drug-likeness (QED) is 0.538. The van der Waals surface area contributed by atoms with Gasteiger partial charge in [-0.2, -0.15) is 0 Å². The van der Waals surface area contributed by atoms with Crippen molar-refractivity contribution < 1.29 is 19.0 Å². The molecule has 0 aliphatic carbocycles. The second-order valence-electron chi connectivity index (χ2n) is 7.80. The maximum absolute atomic E-state index is 13.8. The summed E-state index contributed by atoms with van der Waals surface area (Å²) in [5.74, 6) is 0.814. The number of rotatable bonds is 7. The van der Waals surface area contributed by atoms with Crippen molar-refractivity contribution in [3.8, 4) is 11.5 Å². The average Bonchev–Trinajstić information content (AvgIpc) is 3.26. The molecule has 8 heteroatoms. The topological polar surface area (TPSA) is 64.1 Å². The zero-order valence-electron chi connectivity index (χ0n) is 19.0. The van der Waals surface area contributed by atoms with Crippen molar-refractivity contribution in [3.05, 3.63) is 47.0 Å². The molecule has 2 heterocycles. The molecule has 0 atom stereocenters. The van der Waals surface area contributed by atoms with Crippen LogP contribution >= 0.6 is 11.3 Å². The van der Waals surface area contributed by atoms with Gasteiger partial charge in [-0.1, -0.05) is 23.5 Å². The predicted molar refractivity (Wildman–Crippen MR) is 128 cm³/mol. The van der Waals surface area contributed by atoms with E-state index >= 15 is 0 Å². The van der Waals surface area contributed by atoms with Gasteiger partial charge in [-0.25, -0.2) is 4.98 Å². The Bertz CT molecular complexity index is 1110.